The van der Waals surface area contributed by atoms with E-state index >= 15 is 0 Å². The van der Waals surface area contributed by atoms with Crippen molar-refractivity contribution in [3.63, 3.8) is 0 Å². The van der Waals surface area contributed by atoms with Crippen LogP contribution in [0.1, 0.15) is 23.1 Å². The van der Waals surface area contributed by atoms with Crippen LogP contribution in [0, 0.1) is 5.82 Å². The molecule has 2 aromatic carbocycles. The Hall–Kier alpha value is -2.03. The highest BCUT2D eigenvalue weighted by molar-refractivity contribution is 5.60. The average Bonchev–Trinajstić information content (AvgIpc) is 2.50. The van der Waals surface area contributed by atoms with Crippen LogP contribution in [0.5, 0.6) is 5.75 Å². The van der Waals surface area contributed by atoms with Gasteiger partial charge in [-0.05, 0) is 35.6 Å². The second-order valence-corrected chi connectivity index (χ2v) is 5.09. The number of ether oxygens (including phenoxy) is 1. The largest absolute Gasteiger partial charge is 0.494 e. The highest BCUT2D eigenvalue weighted by Gasteiger charge is 2.15. The van der Waals surface area contributed by atoms with Crippen LogP contribution >= 0.6 is 0 Å². The Kier molecular flexibility index (Phi) is 3.59. The second kappa shape index (κ2) is 5.53. The predicted octanol–water partition coefficient (Wildman–Crippen LogP) is 3.78. The van der Waals surface area contributed by atoms with Crippen LogP contribution in [0.3, 0.4) is 0 Å². The number of hydrogen-bond acceptors (Lipinski definition) is 2. The SMILES string of the molecule is COc1cccc(Cc2cccc3c2NCCC3)c1F. The minimum absolute atomic E-state index is 0.261. The van der Waals surface area contributed by atoms with E-state index in [9.17, 15) is 4.39 Å². The molecule has 1 N–H and O–H groups in total. The molecule has 1 heterocycles. The van der Waals surface area contributed by atoms with Crippen LogP contribution in [-0.4, -0.2) is 13.7 Å². The quantitative estimate of drug-likeness (QED) is 0.917. The molecule has 0 atom stereocenters. The van der Waals surface area contributed by atoms with Gasteiger partial charge in [0.25, 0.3) is 0 Å². The molecule has 104 valence electrons. The first kappa shape index (κ1) is 13.0. The highest BCUT2D eigenvalue weighted by Crippen LogP contribution is 2.29. The van der Waals surface area contributed by atoms with Crippen molar-refractivity contribution in [2.45, 2.75) is 19.3 Å². The monoisotopic (exact) mass is 271 g/mol. The molecule has 0 unspecified atom stereocenters. The molecule has 3 heteroatoms. The number of methoxy groups -OCH3 is 1. The van der Waals surface area contributed by atoms with Crippen LogP contribution in [0.2, 0.25) is 0 Å². The van der Waals surface area contributed by atoms with Crippen molar-refractivity contribution in [2.24, 2.45) is 0 Å². The molecule has 3 rings (SSSR count). The number of nitrogens with one attached hydrogen (secondary N) is 1. The first-order valence-corrected chi connectivity index (χ1v) is 6.95. The molecule has 2 nitrogen and oxygen atoms in total. The summed E-state index contributed by atoms with van der Waals surface area (Å²) in [5, 5.41) is 3.45. The summed E-state index contributed by atoms with van der Waals surface area (Å²) >= 11 is 0. The molecule has 0 saturated carbocycles. The maximum atomic E-state index is 14.2. The van der Waals surface area contributed by atoms with Gasteiger partial charge in [0.2, 0.25) is 0 Å². The number of para-hydroxylation sites is 1. The average molecular weight is 271 g/mol. The molecule has 0 radical (unpaired) electrons. The standard InChI is InChI=1S/C17H18FNO/c1-20-15-9-3-6-13(16(15)18)11-14-7-2-5-12-8-4-10-19-17(12)14/h2-3,5-7,9,19H,4,8,10-11H2,1H3. The van der Waals surface area contributed by atoms with Crippen LogP contribution in [0.15, 0.2) is 36.4 Å². The van der Waals surface area contributed by atoms with Crippen molar-refractivity contribution in [3.8, 4) is 5.75 Å². The zero-order chi connectivity index (χ0) is 13.9. The minimum atomic E-state index is -0.261. The van der Waals surface area contributed by atoms with Crippen molar-refractivity contribution >= 4 is 5.69 Å². The molecule has 0 bridgehead atoms. The molecule has 1 aliphatic heterocycles. The minimum Gasteiger partial charge on any atom is -0.494 e. The lowest BCUT2D eigenvalue weighted by Crippen LogP contribution is -2.14. The summed E-state index contributed by atoms with van der Waals surface area (Å²) in [6, 6.07) is 11.6. The molecule has 0 aliphatic carbocycles. The molecule has 1 aliphatic rings. The lowest BCUT2D eigenvalue weighted by Gasteiger charge is -2.21. The fourth-order valence-corrected chi connectivity index (χ4v) is 2.78. The zero-order valence-electron chi connectivity index (χ0n) is 11.6. The van der Waals surface area contributed by atoms with Crippen LogP contribution in [-0.2, 0) is 12.8 Å². The number of fused-ring (bicyclic) bond motifs is 1. The van der Waals surface area contributed by atoms with Gasteiger partial charge in [-0.3, -0.25) is 0 Å². The highest BCUT2D eigenvalue weighted by atomic mass is 19.1. The second-order valence-electron chi connectivity index (χ2n) is 5.09. The number of aryl methyl sites for hydroxylation is 1. The third-order valence-electron chi connectivity index (χ3n) is 3.81. The van der Waals surface area contributed by atoms with Crippen molar-refractivity contribution < 1.29 is 9.13 Å². The Bertz CT molecular complexity index is 624. The van der Waals surface area contributed by atoms with Gasteiger partial charge < -0.3 is 10.1 Å². The molecule has 0 saturated heterocycles. The van der Waals surface area contributed by atoms with E-state index in [1.165, 1.54) is 18.4 Å². The van der Waals surface area contributed by atoms with E-state index in [0.717, 1.165) is 24.9 Å². The molecule has 0 aromatic heterocycles. The summed E-state index contributed by atoms with van der Waals surface area (Å²) in [6.07, 6.45) is 2.83. The van der Waals surface area contributed by atoms with Gasteiger partial charge >= 0.3 is 0 Å². The first-order chi connectivity index (χ1) is 9.79. The summed E-state index contributed by atoms with van der Waals surface area (Å²) < 4.78 is 19.3. The van der Waals surface area contributed by atoms with Crippen molar-refractivity contribution in [1.82, 2.24) is 0 Å². The predicted molar refractivity (Wildman–Crippen MR) is 79.0 cm³/mol. The Morgan fingerprint density at radius 3 is 2.80 bits per heavy atom. The fourth-order valence-electron chi connectivity index (χ4n) is 2.78. The maximum Gasteiger partial charge on any atom is 0.168 e. The van der Waals surface area contributed by atoms with Gasteiger partial charge in [0.05, 0.1) is 7.11 Å². The van der Waals surface area contributed by atoms with Crippen LogP contribution < -0.4 is 10.1 Å². The van der Waals surface area contributed by atoms with Gasteiger partial charge in [-0.25, -0.2) is 4.39 Å². The zero-order valence-corrected chi connectivity index (χ0v) is 11.6. The number of anilines is 1. The maximum absolute atomic E-state index is 14.2. The van der Waals surface area contributed by atoms with Gasteiger partial charge in [-0.1, -0.05) is 30.3 Å². The molecule has 0 amide bonds. The fraction of sp³-hybridized carbons (Fsp3) is 0.294. The van der Waals surface area contributed by atoms with Crippen LogP contribution in [0.25, 0.3) is 0 Å². The van der Waals surface area contributed by atoms with Gasteiger partial charge in [0.1, 0.15) is 0 Å². The van der Waals surface area contributed by atoms with Gasteiger partial charge in [0, 0.05) is 18.7 Å². The molecular formula is C17H18FNO. The van der Waals surface area contributed by atoms with Crippen LogP contribution in [0.4, 0.5) is 10.1 Å². The van der Waals surface area contributed by atoms with E-state index in [4.69, 9.17) is 4.74 Å². The summed E-state index contributed by atoms with van der Waals surface area (Å²) in [6.45, 7) is 0.991. The number of benzene rings is 2. The lowest BCUT2D eigenvalue weighted by atomic mass is 9.95. The van der Waals surface area contributed by atoms with Crippen molar-refractivity contribution in [1.29, 1.82) is 0 Å². The van der Waals surface area contributed by atoms with E-state index in [1.807, 2.05) is 12.1 Å². The smallest absolute Gasteiger partial charge is 0.168 e. The molecule has 0 spiro atoms. The topological polar surface area (TPSA) is 21.3 Å². The van der Waals surface area contributed by atoms with Gasteiger partial charge in [-0.15, -0.1) is 0 Å². The normalized spacial score (nSPS) is 13.5. The van der Waals surface area contributed by atoms with Crippen molar-refractivity contribution in [2.75, 3.05) is 19.0 Å². The molecule has 2 aromatic rings. The number of halogens is 1. The summed E-state index contributed by atoms with van der Waals surface area (Å²) in [5.41, 5.74) is 4.33. The van der Waals surface area contributed by atoms with E-state index in [2.05, 4.69) is 23.5 Å². The van der Waals surface area contributed by atoms with E-state index in [1.54, 1.807) is 6.07 Å². The van der Waals surface area contributed by atoms with Gasteiger partial charge in [0.15, 0.2) is 11.6 Å². The van der Waals surface area contributed by atoms with Crippen molar-refractivity contribution in [3.05, 3.63) is 58.9 Å². The number of hydrogen-bond donors (Lipinski definition) is 1. The van der Waals surface area contributed by atoms with E-state index < -0.39 is 0 Å². The summed E-state index contributed by atoms with van der Waals surface area (Å²) in [5.74, 6) is 0.0451. The summed E-state index contributed by atoms with van der Waals surface area (Å²) in [7, 11) is 1.49. The lowest BCUT2D eigenvalue weighted by molar-refractivity contribution is 0.384. The Balaban J connectivity index is 1.96. The molecular weight excluding hydrogens is 253 g/mol. The molecule has 0 fully saturated rings. The van der Waals surface area contributed by atoms with E-state index in [-0.39, 0.29) is 5.82 Å². The Morgan fingerprint density at radius 2 is 1.95 bits per heavy atom. The number of rotatable bonds is 3. The third-order valence-corrected chi connectivity index (χ3v) is 3.81. The Labute approximate surface area is 118 Å². The first-order valence-electron chi connectivity index (χ1n) is 6.95. The molecule has 20 heavy (non-hydrogen) atoms. The van der Waals surface area contributed by atoms with E-state index in [0.29, 0.717) is 17.7 Å². The Morgan fingerprint density at radius 1 is 1.15 bits per heavy atom. The van der Waals surface area contributed by atoms with Gasteiger partial charge in [-0.2, -0.15) is 0 Å². The third kappa shape index (κ3) is 2.36. The summed E-state index contributed by atoms with van der Waals surface area (Å²) in [4.78, 5) is 0.